The summed E-state index contributed by atoms with van der Waals surface area (Å²) in [5.74, 6) is 3.81. The van der Waals surface area contributed by atoms with E-state index in [4.69, 9.17) is 24.2 Å². The second-order valence-corrected chi connectivity index (χ2v) is 15.8. The topological polar surface area (TPSA) is 62.3 Å². The Morgan fingerprint density at radius 3 is 2.15 bits per heavy atom. The molecule has 2 aliphatic rings. The molecule has 2 aliphatic heterocycles. The molecule has 60 heavy (non-hydrogen) atoms. The van der Waals surface area contributed by atoms with Crippen molar-refractivity contribution in [3.05, 3.63) is 182 Å². The molecule has 11 rings (SSSR count). The predicted octanol–water partition coefficient (Wildman–Crippen LogP) is 9.25. The summed E-state index contributed by atoms with van der Waals surface area (Å²) in [7, 11) is 0. The van der Waals surface area contributed by atoms with Gasteiger partial charge in [0.15, 0.2) is 12.4 Å². The first-order valence-electron chi connectivity index (χ1n) is 19.7. The number of para-hydroxylation sites is 3. The van der Waals surface area contributed by atoms with Gasteiger partial charge >= 0.3 is 0 Å². The molecule has 7 nitrogen and oxygen atoms in total. The molecule has 3 aromatic heterocycles. The Labute approximate surface area is 363 Å². The Morgan fingerprint density at radius 2 is 1.35 bits per heavy atom. The summed E-state index contributed by atoms with van der Waals surface area (Å²) in [6.07, 6.45) is 7.32. The molecule has 0 atom stereocenters. The minimum Gasteiger partial charge on any atom is -0.510 e. The molecule has 0 fully saturated rings. The minimum absolute atomic E-state index is 0. The van der Waals surface area contributed by atoms with E-state index in [1.54, 1.807) is 6.20 Å². The van der Waals surface area contributed by atoms with Crippen LogP contribution in [-0.4, -0.2) is 21.2 Å². The minimum atomic E-state index is -0.0400. The van der Waals surface area contributed by atoms with Crippen molar-refractivity contribution >= 4 is 34.3 Å². The van der Waals surface area contributed by atoms with Crippen LogP contribution in [0.4, 0.5) is 0 Å². The SMILES string of the molecule is CC(C)(C)c1ccnc(-c2ccccc2-c2ccccc2-[n+]2[c-]n(-c3[c-]c(Oc4[c-]c5c6c(c4)Oc4ccccc4B6c4ccccc4O5)ccc3)c3ncccc32)c1.[Pt]. The van der Waals surface area contributed by atoms with Gasteiger partial charge in [-0.3, -0.25) is 19.1 Å². The Bertz CT molecular complexity index is 3050. The van der Waals surface area contributed by atoms with E-state index in [0.717, 1.165) is 67.1 Å². The fraction of sp³-hybridized carbons (Fsp3) is 0.0784. The molecule has 292 valence electrons. The molecule has 6 aromatic carbocycles. The number of hydrogen-bond acceptors (Lipinski definition) is 5. The number of imidazole rings is 1. The van der Waals surface area contributed by atoms with Gasteiger partial charge in [0.25, 0.3) is 6.33 Å². The van der Waals surface area contributed by atoms with Gasteiger partial charge in [0.1, 0.15) is 17.0 Å². The zero-order valence-corrected chi connectivity index (χ0v) is 35.2. The van der Waals surface area contributed by atoms with Gasteiger partial charge in [0.05, 0.1) is 11.4 Å². The summed E-state index contributed by atoms with van der Waals surface area (Å²) in [6.45, 7) is 6.63. The number of rotatable bonds is 6. The van der Waals surface area contributed by atoms with Gasteiger partial charge in [0, 0.05) is 62.0 Å². The Morgan fingerprint density at radius 1 is 0.633 bits per heavy atom. The maximum absolute atomic E-state index is 6.52. The normalized spacial score (nSPS) is 12.3. The number of hydrogen-bond donors (Lipinski definition) is 0. The van der Waals surface area contributed by atoms with E-state index in [9.17, 15) is 0 Å². The van der Waals surface area contributed by atoms with Crippen LogP contribution in [0.5, 0.6) is 34.5 Å². The molecule has 9 aromatic rings. The molecule has 0 aliphatic carbocycles. The summed E-state index contributed by atoms with van der Waals surface area (Å²) < 4.78 is 23.4. The first kappa shape index (κ1) is 37.5. The van der Waals surface area contributed by atoms with Crippen molar-refractivity contribution in [1.29, 1.82) is 0 Å². The summed E-state index contributed by atoms with van der Waals surface area (Å²) >= 11 is 0. The van der Waals surface area contributed by atoms with Gasteiger partial charge in [-0.1, -0.05) is 117 Å². The maximum Gasteiger partial charge on any atom is 0.269 e. The molecule has 0 saturated heterocycles. The van der Waals surface area contributed by atoms with Crippen molar-refractivity contribution in [1.82, 2.24) is 14.5 Å². The third-order valence-corrected chi connectivity index (χ3v) is 11.1. The number of ether oxygens (including phenoxy) is 3. The zero-order chi connectivity index (χ0) is 39.7. The molecule has 0 N–H and O–H groups in total. The van der Waals surface area contributed by atoms with Gasteiger partial charge in [-0.05, 0) is 81.2 Å². The van der Waals surface area contributed by atoms with Crippen LogP contribution in [0.15, 0.2) is 158 Å². The molecular weight excluding hydrogens is 922 g/mol. The Balaban J connectivity index is 0.00000433. The second-order valence-electron chi connectivity index (χ2n) is 15.8. The van der Waals surface area contributed by atoms with E-state index >= 15 is 0 Å². The monoisotopic (exact) mass is 957 g/mol. The summed E-state index contributed by atoms with van der Waals surface area (Å²) in [6, 6.07) is 56.0. The smallest absolute Gasteiger partial charge is 0.269 e. The van der Waals surface area contributed by atoms with E-state index < -0.39 is 0 Å². The third-order valence-electron chi connectivity index (χ3n) is 11.1. The van der Waals surface area contributed by atoms with Gasteiger partial charge in [0.2, 0.25) is 0 Å². The quantitative estimate of drug-likeness (QED) is 0.0946. The van der Waals surface area contributed by atoms with Crippen molar-refractivity contribution in [3.63, 3.8) is 0 Å². The molecule has 0 spiro atoms. The van der Waals surface area contributed by atoms with E-state index in [2.05, 4.69) is 123 Å². The summed E-state index contributed by atoms with van der Waals surface area (Å²) in [5.41, 5.74) is 11.7. The first-order chi connectivity index (χ1) is 28.9. The average molecular weight is 958 g/mol. The predicted molar refractivity (Wildman–Crippen MR) is 231 cm³/mol. The molecule has 0 bridgehead atoms. The third kappa shape index (κ3) is 6.39. The van der Waals surface area contributed by atoms with Crippen molar-refractivity contribution in [3.8, 4) is 68.3 Å². The fourth-order valence-electron chi connectivity index (χ4n) is 8.26. The van der Waals surface area contributed by atoms with Crippen LogP contribution < -0.4 is 35.2 Å². The molecule has 5 heterocycles. The summed E-state index contributed by atoms with van der Waals surface area (Å²) in [4.78, 5) is 9.68. The van der Waals surface area contributed by atoms with Gasteiger partial charge in [-0.15, -0.1) is 12.1 Å². The molecule has 0 radical (unpaired) electrons. The number of aromatic nitrogens is 4. The van der Waals surface area contributed by atoms with Crippen molar-refractivity contribution < 1.29 is 39.8 Å². The van der Waals surface area contributed by atoms with Crippen LogP contribution in [0.2, 0.25) is 0 Å². The second kappa shape index (κ2) is 14.8. The Kier molecular flexibility index (Phi) is 9.26. The molecule has 0 saturated carbocycles. The van der Waals surface area contributed by atoms with Gasteiger partial charge < -0.3 is 14.2 Å². The maximum atomic E-state index is 6.52. The van der Waals surface area contributed by atoms with Crippen LogP contribution in [0.1, 0.15) is 26.3 Å². The Hall–Kier alpha value is -6.76. The zero-order valence-electron chi connectivity index (χ0n) is 32.9. The van der Waals surface area contributed by atoms with Crippen LogP contribution in [0, 0.1) is 18.5 Å². The van der Waals surface area contributed by atoms with Crippen LogP contribution >= 0.6 is 0 Å². The number of benzene rings is 6. The van der Waals surface area contributed by atoms with Crippen LogP contribution in [-0.2, 0) is 26.5 Å². The summed E-state index contributed by atoms with van der Waals surface area (Å²) in [5, 5.41) is 0. The van der Waals surface area contributed by atoms with E-state index in [0.29, 0.717) is 28.7 Å². The van der Waals surface area contributed by atoms with E-state index in [-0.39, 0.29) is 33.2 Å². The molecule has 9 heteroatoms. The van der Waals surface area contributed by atoms with Gasteiger partial charge in [-0.25, -0.2) is 0 Å². The van der Waals surface area contributed by atoms with E-state index in [1.807, 2.05) is 77.5 Å². The fourth-order valence-corrected chi connectivity index (χ4v) is 8.26. The molecular formula is C51H35BN4O3Pt-2. The van der Waals surface area contributed by atoms with Crippen LogP contribution in [0.25, 0.3) is 44.9 Å². The van der Waals surface area contributed by atoms with Crippen molar-refractivity contribution in [2.75, 3.05) is 0 Å². The van der Waals surface area contributed by atoms with Crippen LogP contribution in [0.3, 0.4) is 0 Å². The molecule has 0 amide bonds. The van der Waals surface area contributed by atoms with Gasteiger partial charge in [-0.2, -0.15) is 12.1 Å². The molecule has 0 unspecified atom stereocenters. The van der Waals surface area contributed by atoms with Crippen molar-refractivity contribution in [2.45, 2.75) is 26.2 Å². The number of pyridine rings is 2. The number of nitrogens with zero attached hydrogens (tertiary/aromatic N) is 4. The number of fused-ring (bicyclic) bond motifs is 5. The van der Waals surface area contributed by atoms with Crippen molar-refractivity contribution in [2.24, 2.45) is 0 Å². The van der Waals surface area contributed by atoms with E-state index in [1.165, 1.54) is 5.56 Å². The average Bonchev–Trinajstić information content (AvgIpc) is 3.66. The largest absolute Gasteiger partial charge is 0.510 e. The first-order valence-corrected chi connectivity index (χ1v) is 19.7. The standard InChI is InChI=1S/C51H35BN4O3.Pt/c1-51(2,3)33-25-27-53-42(28-33)38-17-5-4-16-37(38)39-18-6-9-21-43(39)56-32-55(50-44(56)22-13-26-54-50)34-14-12-15-35(29-34)57-36-30-47-49-48(31-36)59-46-24-11-8-20-41(46)52(49)40-19-7-10-23-45(40)58-47;/h4-28,30H,1-3H3;/q-2;.